The van der Waals surface area contributed by atoms with Crippen molar-refractivity contribution in [2.45, 2.75) is 25.4 Å². The molecule has 138 valence electrons. The summed E-state index contributed by atoms with van der Waals surface area (Å²) in [5, 5.41) is 2.94. The summed E-state index contributed by atoms with van der Waals surface area (Å²) < 4.78 is 5.35. The van der Waals surface area contributed by atoms with Crippen LogP contribution in [0.25, 0.3) is 0 Å². The fraction of sp³-hybridized carbons (Fsp3) is 0.208. The molecule has 2 atom stereocenters. The van der Waals surface area contributed by atoms with Crippen LogP contribution in [0, 0.1) is 0 Å². The minimum atomic E-state index is -0.389. The van der Waals surface area contributed by atoms with Crippen LogP contribution >= 0.6 is 0 Å². The first-order valence-corrected chi connectivity index (χ1v) is 9.28. The van der Waals surface area contributed by atoms with Gasteiger partial charge in [0.1, 0.15) is 6.61 Å². The van der Waals surface area contributed by atoms with E-state index in [1.54, 1.807) is 0 Å². The summed E-state index contributed by atoms with van der Waals surface area (Å²) in [6.07, 6.45) is -0.389. The van der Waals surface area contributed by atoms with Crippen LogP contribution in [0.1, 0.15) is 35.4 Å². The Hall–Kier alpha value is -3.07. The molecule has 3 heteroatoms. The summed E-state index contributed by atoms with van der Waals surface area (Å²) in [4.78, 5) is 12.2. The number of rotatable bonds is 7. The zero-order chi connectivity index (χ0) is 18.9. The number of carbonyl (C=O) groups excluding carboxylic acids is 1. The molecule has 0 aliphatic heterocycles. The number of alkyl carbamates (subject to hydrolysis) is 1. The number of benzene rings is 3. The summed E-state index contributed by atoms with van der Waals surface area (Å²) in [6, 6.07) is 30.4. The van der Waals surface area contributed by atoms with Crippen molar-refractivity contribution in [3.8, 4) is 0 Å². The number of nitrogens with one attached hydrogen (secondary N) is 1. The Morgan fingerprint density at radius 1 is 0.815 bits per heavy atom. The Bertz CT molecular complexity index is 819. The molecule has 3 aromatic carbocycles. The van der Waals surface area contributed by atoms with Crippen LogP contribution in [-0.2, 0) is 11.3 Å². The molecule has 0 saturated carbocycles. The van der Waals surface area contributed by atoms with Crippen LogP contribution in [0.2, 0.25) is 0 Å². The van der Waals surface area contributed by atoms with Gasteiger partial charge in [-0.05, 0) is 22.6 Å². The van der Waals surface area contributed by atoms with E-state index in [1.807, 2.05) is 54.6 Å². The van der Waals surface area contributed by atoms with E-state index in [0.717, 1.165) is 5.56 Å². The Labute approximate surface area is 161 Å². The number of hydrogen-bond donors (Lipinski definition) is 1. The molecule has 3 rings (SSSR count). The number of amides is 1. The summed E-state index contributed by atoms with van der Waals surface area (Å²) in [7, 11) is 0. The Balaban J connectivity index is 1.64. The molecule has 3 aromatic rings. The molecule has 0 fully saturated rings. The van der Waals surface area contributed by atoms with Gasteiger partial charge >= 0.3 is 6.09 Å². The van der Waals surface area contributed by atoms with Crippen molar-refractivity contribution in [3.05, 3.63) is 108 Å². The lowest BCUT2D eigenvalue weighted by atomic mass is 9.82. The molecule has 3 nitrogen and oxygen atoms in total. The Morgan fingerprint density at radius 2 is 1.33 bits per heavy atom. The minimum absolute atomic E-state index is 0.165. The zero-order valence-corrected chi connectivity index (χ0v) is 15.5. The van der Waals surface area contributed by atoms with Crippen molar-refractivity contribution in [3.63, 3.8) is 0 Å². The zero-order valence-electron chi connectivity index (χ0n) is 15.5. The molecule has 0 radical (unpaired) electrons. The third kappa shape index (κ3) is 5.45. The molecule has 0 heterocycles. The first kappa shape index (κ1) is 18.7. The maximum Gasteiger partial charge on any atom is 0.407 e. The second kappa shape index (κ2) is 9.58. The van der Waals surface area contributed by atoms with Gasteiger partial charge in [0.05, 0.1) is 0 Å². The number of carbonyl (C=O) groups is 1. The molecule has 0 aromatic heterocycles. The van der Waals surface area contributed by atoms with Crippen molar-refractivity contribution in [1.82, 2.24) is 5.32 Å². The van der Waals surface area contributed by atoms with Gasteiger partial charge in [-0.3, -0.25) is 0 Å². The summed E-state index contributed by atoms with van der Waals surface area (Å²) in [6.45, 7) is 2.99. The van der Waals surface area contributed by atoms with E-state index in [0.29, 0.717) is 6.54 Å². The molecule has 0 aliphatic rings. The average Bonchev–Trinajstić information content (AvgIpc) is 2.74. The van der Waals surface area contributed by atoms with Gasteiger partial charge < -0.3 is 10.1 Å². The quantitative estimate of drug-likeness (QED) is 0.605. The van der Waals surface area contributed by atoms with Crippen LogP contribution in [0.4, 0.5) is 4.79 Å². The summed E-state index contributed by atoms with van der Waals surface area (Å²) in [5.41, 5.74) is 3.44. The number of ether oxygens (including phenoxy) is 1. The van der Waals surface area contributed by atoms with Crippen molar-refractivity contribution >= 4 is 6.09 Å². The van der Waals surface area contributed by atoms with E-state index in [4.69, 9.17) is 4.74 Å². The monoisotopic (exact) mass is 359 g/mol. The van der Waals surface area contributed by atoms with Crippen LogP contribution in [-0.4, -0.2) is 12.6 Å². The first-order chi connectivity index (χ1) is 13.2. The van der Waals surface area contributed by atoms with E-state index in [2.05, 4.69) is 48.6 Å². The molecular weight excluding hydrogens is 334 g/mol. The fourth-order valence-corrected chi connectivity index (χ4v) is 3.24. The smallest absolute Gasteiger partial charge is 0.407 e. The molecule has 27 heavy (non-hydrogen) atoms. The third-order valence-electron chi connectivity index (χ3n) is 4.84. The van der Waals surface area contributed by atoms with Gasteiger partial charge in [0.25, 0.3) is 0 Å². The maximum absolute atomic E-state index is 12.2. The molecular formula is C24H25NO2. The van der Waals surface area contributed by atoms with Gasteiger partial charge in [-0.25, -0.2) is 4.79 Å². The largest absolute Gasteiger partial charge is 0.445 e. The van der Waals surface area contributed by atoms with E-state index in [1.165, 1.54) is 11.1 Å². The molecule has 0 unspecified atom stereocenters. The van der Waals surface area contributed by atoms with E-state index in [-0.39, 0.29) is 24.5 Å². The lowest BCUT2D eigenvalue weighted by Crippen LogP contribution is -2.30. The highest BCUT2D eigenvalue weighted by Gasteiger charge is 2.21. The normalized spacial score (nSPS) is 12.8. The van der Waals surface area contributed by atoms with Crippen molar-refractivity contribution in [1.29, 1.82) is 0 Å². The molecule has 0 aliphatic carbocycles. The molecule has 0 saturated heterocycles. The summed E-state index contributed by atoms with van der Waals surface area (Å²) in [5.74, 6) is 0.431. The van der Waals surface area contributed by atoms with Crippen molar-refractivity contribution < 1.29 is 9.53 Å². The maximum atomic E-state index is 12.2. The van der Waals surface area contributed by atoms with Crippen LogP contribution in [0.5, 0.6) is 0 Å². The lowest BCUT2D eigenvalue weighted by molar-refractivity contribution is 0.138. The Kier molecular flexibility index (Phi) is 6.64. The minimum Gasteiger partial charge on any atom is -0.445 e. The molecule has 1 amide bonds. The van der Waals surface area contributed by atoms with Gasteiger partial charge in [0.2, 0.25) is 0 Å². The van der Waals surface area contributed by atoms with E-state index in [9.17, 15) is 4.79 Å². The predicted molar refractivity (Wildman–Crippen MR) is 109 cm³/mol. The SMILES string of the molecule is C[C@@H](c1ccccc1)[C@@H](CNC(=O)OCc1ccccc1)c1ccccc1. The topological polar surface area (TPSA) is 38.3 Å². The predicted octanol–water partition coefficient (Wildman–Crippen LogP) is 5.50. The first-order valence-electron chi connectivity index (χ1n) is 9.28. The summed E-state index contributed by atoms with van der Waals surface area (Å²) >= 11 is 0. The third-order valence-corrected chi connectivity index (χ3v) is 4.84. The highest BCUT2D eigenvalue weighted by atomic mass is 16.5. The van der Waals surface area contributed by atoms with Gasteiger partial charge in [0, 0.05) is 12.5 Å². The van der Waals surface area contributed by atoms with Crippen molar-refractivity contribution in [2.24, 2.45) is 0 Å². The molecule has 1 N–H and O–H groups in total. The van der Waals surface area contributed by atoms with Gasteiger partial charge in [-0.2, -0.15) is 0 Å². The van der Waals surface area contributed by atoms with Gasteiger partial charge in [-0.15, -0.1) is 0 Å². The van der Waals surface area contributed by atoms with Crippen LogP contribution < -0.4 is 5.32 Å². The standard InChI is InChI=1S/C24H25NO2/c1-19(21-13-7-3-8-14-21)23(22-15-9-4-10-16-22)17-25-24(26)27-18-20-11-5-2-6-12-20/h2-16,19,23H,17-18H2,1H3,(H,25,26)/t19-,23+/m0/s1. The molecule has 0 bridgehead atoms. The fourth-order valence-electron chi connectivity index (χ4n) is 3.24. The Morgan fingerprint density at radius 3 is 1.93 bits per heavy atom. The van der Waals surface area contributed by atoms with Gasteiger partial charge in [0.15, 0.2) is 0 Å². The second-order valence-electron chi connectivity index (χ2n) is 6.66. The number of hydrogen-bond acceptors (Lipinski definition) is 2. The second-order valence-corrected chi connectivity index (χ2v) is 6.66. The van der Waals surface area contributed by atoms with E-state index < -0.39 is 0 Å². The highest BCUT2D eigenvalue weighted by molar-refractivity contribution is 5.67. The van der Waals surface area contributed by atoms with E-state index >= 15 is 0 Å². The highest BCUT2D eigenvalue weighted by Crippen LogP contribution is 2.32. The molecule has 0 spiro atoms. The van der Waals surface area contributed by atoms with Crippen LogP contribution in [0.3, 0.4) is 0 Å². The van der Waals surface area contributed by atoms with Crippen molar-refractivity contribution in [2.75, 3.05) is 6.54 Å². The lowest BCUT2D eigenvalue weighted by Gasteiger charge is -2.25. The van der Waals surface area contributed by atoms with Gasteiger partial charge in [-0.1, -0.05) is 97.9 Å². The van der Waals surface area contributed by atoms with Crippen LogP contribution in [0.15, 0.2) is 91.0 Å². The average molecular weight is 359 g/mol.